The van der Waals surface area contributed by atoms with Crippen LogP contribution < -0.4 is 0 Å². The molecule has 3 heteroatoms. The summed E-state index contributed by atoms with van der Waals surface area (Å²) in [5.41, 5.74) is 0. The number of hydrogen-bond donors (Lipinski definition) is 1. The fourth-order valence-corrected chi connectivity index (χ4v) is 1.91. The summed E-state index contributed by atoms with van der Waals surface area (Å²) in [6.07, 6.45) is 4.63. The zero-order valence-corrected chi connectivity index (χ0v) is 8.25. The van der Waals surface area contributed by atoms with Crippen LogP contribution in [0.4, 0.5) is 0 Å². The van der Waals surface area contributed by atoms with Crippen molar-refractivity contribution in [3.8, 4) is 0 Å². The summed E-state index contributed by atoms with van der Waals surface area (Å²) in [6, 6.07) is 0.557. The molecule has 0 unspecified atom stereocenters. The molecule has 0 spiro atoms. The Labute approximate surface area is 79.6 Å². The first-order chi connectivity index (χ1) is 6.29. The van der Waals surface area contributed by atoms with Gasteiger partial charge < -0.3 is 9.64 Å². The summed E-state index contributed by atoms with van der Waals surface area (Å²) in [4.78, 5) is 2.17. The van der Waals surface area contributed by atoms with Gasteiger partial charge in [0.2, 0.25) is 0 Å². The van der Waals surface area contributed by atoms with Crippen molar-refractivity contribution >= 4 is 5.84 Å². The Morgan fingerprint density at radius 1 is 1.23 bits per heavy atom. The third-order valence-corrected chi connectivity index (χ3v) is 3.08. The maximum Gasteiger partial charge on any atom is 0.0989 e. The third kappa shape index (κ3) is 2.02. The van der Waals surface area contributed by atoms with E-state index in [1.54, 1.807) is 0 Å². The number of hydrogen-bond acceptors (Lipinski definition) is 2. The normalized spacial score (nSPS) is 24.4. The Balaban J connectivity index is 1.86. The second-order valence-electron chi connectivity index (χ2n) is 4.11. The lowest BCUT2D eigenvalue weighted by molar-refractivity contribution is 0.0597. The molecule has 0 amide bonds. The summed E-state index contributed by atoms with van der Waals surface area (Å²) >= 11 is 0. The minimum absolute atomic E-state index is 0.557. The van der Waals surface area contributed by atoms with Gasteiger partial charge in [0.25, 0.3) is 0 Å². The zero-order chi connectivity index (χ0) is 9.26. The van der Waals surface area contributed by atoms with E-state index < -0.39 is 0 Å². The van der Waals surface area contributed by atoms with Crippen molar-refractivity contribution in [1.82, 2.24) is 4.90 Å². The first-order valence-electron chi connectivity index (χ1n) is 5.18. The molecule has 13 heavy (non-hydrogen) atoms. The van der Waals surface area contributed by atoms with Gasteiger partial charge in [-0.1, -0.05) is 0 Å². The Hall–Kier alpha value is -0.570. The third-order valence-electron chi connectivity index (χ3n) is 3.08. The van der Waals surface area contributed by atoms with Gasteiger partial charge in [0.1, 0.15) is 0 Å². The molecule has 0 aromatic rings. The van der Waals surface area contributed by atoms with E-state index in [1.807, 2.05) is 0 Å². The monoisotopic (exact) mass is 182 g/mol. The summed E-state index contributed by atoms with van der Waals surface area (Å²) in [7, 11) is 2.07. The van der Waals surface area contributed by atoms with E-state index in [-0.39, 0.29) is 0 Å². The van der Waals surface area contributed by atoms with Crippen molar-refractivity contribution in [2.45, 2.75) is 31.7 Å². The quantitative estimate of drug-likeness (QED) is 0.519. The summed E-state index contributed by atoms with van der Waals surface area (Å²) in [5, 5.41) is 7.93. The zero-order valence-electron chi connectivity index (χ0n) is 8.25. The van der Waals surface area contributed by atoms with Gasteiger partial charge >= 0.3 is 0 Å². The first kappa shape index (κ1) is 9.00. The number of amidine groups is 1. The van der Waals surface area contributed by atoms with E-state index in [4.69, 9.17) is 10.1 Å². The van der Waals surface area contributed by atoms with Crippen LogP contribution in [0.1, 0.15) is 25.7 Å². The molecule has 1 N–H and O–H groups in total. The van der Waals surface area contributed by atoms with E-state index in [1.165, 1.54) is 12.8 Å². The van der Waals surface area contributed by atoms with Crippen molar-refractivity contribution in [2.24, 2.45) is 5.92 Å². The molecule has 74 valence electrons. The molecule has 0 atom stereocenters. The molecule has 2 rings (SSSR count). The number of ether oxygens (including phenoxy) is 1. The Morgan fingerprint density at radius 3 is 2.38 bits per heavy atom. The summed E-state index contributed by atoms with van der Waals surface area (Å²) in [5.74, 6) is 1.43. The van der Waals surface area contributed by atoms with Gasteiger partial charge in [0, 0.05) is 32.2 Å². The average Bonchev–Trinajstić information content (AvgIpc) is 3.00. The molecule has 0 aromatic carbocycles. The maximum atomic E-state index is 7.93. The molecule has 1 aliphatic heterocycles. The van der Waals surface area contributed by atoms with Crippen LogP contribution in [0.25, 0.3) is 0 Å². The number of nitrogens with one attached hydrogen (secondary N) is 1. The second-order valence-corrected chi connectivity index (χ2v) is 4.11. The van der Waals surface area contributed by atoms with E-state index >= 15 is 0 Å². The van der Waals surface area contributed by atoms with Crippen molar-refractivity contribution < 1.29 is 4.74 Å². The average molecular weight is 182 g/mol. The minimum Gasteiger partial charge on any atom is -0.381 e. The van der Waals surface area contributed by atoms with Crippen molar-refractivity contribution in [2.75, 3.05) is 20.3 Å². The molecule has 0 radical (unpaired) electrons. The summed E-state index contributed by atoms with van der Waals surface area (Å²) < 4.78 is 5.31. The lowest BCUT2D eigenvalue weighted by Gasteiger charge is -2.33. The van der Waals surface area contributed by atoms with Crippen LogP contribution in [0.3, 0.4) is 0 Å². The van der Waals surface area contributed by atoms with Gasteiger partial charge in [0.15, 0.2) is 0 Å². The smallest absolute Gasteiger partial charge is 0.0989 e. The molecule has 1 aliphatic carbocycles. The Bertz CT molecular complexity index is 195. The van der Waals surface area contributed by atoms with E-state index in [0.29, 0.717) is 12.0 Å². The standard InChI is InChI=1S/C10H18N2O/c1-12(10(11)8-2-3-8)9-4-6-13-7-5-9/h8-9,11H,2-7H2,1H3. The highest BCUT2D eigenvalue weighted by atomic mass is 16.5. The highest BCUT2D eigenvalue weighted by Crippen LogP contribution is 2.32. The predicted octanol–water partition coefficient (Wildman–Crippen LogP) is 1.48. The van der Waals surface area contributed by atoms with E-state index in [9.17, 15) is 0 Å². The van der Waals surface area contributed by atoms with Gasteiger partial charge in [-0.15, -0.1) is 0 Å². The van der Waals surface area contributed by atoms with E-state index in [0.717, 1.165) is 31.9 Å². The van der Waals surface area contributed by atoms with Crippen molar-refractivity contribution in [3.05, 3.63) is 0 Å². The van der Waals surface area contributed by atoms with Crippen LogP contribution in [-0.4, -0.2) is 37.0 Å². The van der Waals surface area contributed by atoms with Crippen LogP contribution in [0.5, 0.6) is 0 Å². The summed E-state index contributed by atoms with van der Waals surface area (Å²) in [6.45, 7) is 1.74. The Kier molecular flexibility index (Phi) is 2.54. The Morgan fingerprint density at radius 2 is 1.85 bits per heavy atom. The lowest BCUT2D eigenvalue weighted by Crippen LogP contribution is -2.41. The van der Waals surface area contributed by atoms with Crippen molar-refractivity contribution in [3.63, 3.8) is 0 Å². The van der Waals surface area contributed by atoms with Gasteiger partial charge in [-0.05, 0) is 25.7 Å². The largest absolute Gasteiger partial charge is 0.381 e. The van der Waals surface area contributed by atoms with Gasteiger partial charge in [-0.3, -0.25) is 5.41 Å². The van der Waals surface area contributed by atoms with Crippen LogP contribution >= 0.6 is 0 Å². The molecule has 2 fully saturated rings. The van der Waals surface area contributed by atoms with Crippen LogP contribution in [0.2, 0.25) is 0 Å². The topological polar surface area (TPSA) is 36.3 Å². The molecule has 3 nitrogen and oxygen atoms in total. The minimum atomic E-state index is 0.557. The number of rotatable bonds is 2. The first-order valence-corrected chi connectivity index (χ1v) is 5.18. The predicted molar refractivity (Wildman–Crippen MR) is 52.1 cm³/mol. The SMILES string of the molecule is CN(C(=N)C1CC1)C1CCOCC1. The highest BCUT2D eigenvalue weighted by molar-refractivity contribution is 5.83. The highest BCUT2D eigenvalue weighted by Gasteiger charge is 2.31. The molecule has 0 aromatic heterocycles. The van der Waals surface area contributed by atoms with Gasteiger partial charge in [-0.2, -0.15) is 0 Å². The van der Waals surface area contributed by atoms with Crippen LogP contribution in [0, 0.1) is 11.3 Å². The molecule has 1 heterocycles. The molecule has 0 bridgehead atoms. The maximum absolute atomic E-state index is 7.93. The molecular formula is C10H18N2O. The molecule has 1 saturated carbocycles. The van der Waals surface area contributed by atoms with Crippen LogP contribution in [-0.2, 0) is 4.74 Å². The van der Waals surface area contributed by atoms with Gasteiger partial charge in [0.05, 0.1) is 5.84 Å². The van der Waals surface area contributed by atoms with E-state index in [2.05, 4.69) is 11.9 Å². The number of nitrogens with zero attached hydrogens (tertiary/aromatic N) is 1. The fourth-order valence-electron chi connectivity index (χ4n) is 1.91. The molecule has 2 aliphatic rings. The molecule has 1 saturated heterocycles. The fraction of sp³-hybridized carbons (Fsp3) is 0.900. The lowest BCUT2D eigenvalue weighted by atomic mass is 10.1. The van der Waals surface area contributed by atoms with Gasteiger partial charge in [-0.25, -0.2) is 0 Å². The van der Waals surface area contributed by atoms with Crippen LogP contribution in [0.15, 0.2) is 0 Å². The second kappa shape index (κ2) is 3.66. The molecular weight excluding hydrogens is 164 g/mol. The van der Waals surface area contributed by atoms with Crippen molar-refractivity contribution in [1.29, 1.82) is 5.41 Å².